The molecule has 0 aromatic heterocycles. The van der Waals surface area contributed by atoms with Gasteiger partial charge in [0.15, 0.2) is 0 Å². The van der Waals surface area contributed by atoms with Gasteiger partial charge in [-0.1, -0.05) is 23.2 Å². The van der Waals surface area contributed by atoms with Crippen molar-refractivity contribution in [3.63, 3.8) is 0 Å². The molecule has 0 aliphatic carbocycles. The number of nitrogen functional groups attached to an aromatic ring is 1. The van der Waals surface area contributed by atoms with E-state index in [0.717, 1.165) is 25.1 Å². The Morgan fingerprint density at radius 2 is 2.05 bits per heavy atom. The van der Waals surface area contributed by atoms with Gasteiger partial charge in [0, 0.05) is 13.1 Å². The molecule has 1 aromatic carbocycles. The first-order chi connectivity index (χ1) is 9.08. The molecule has 0 spiro atoms. The second-order valence-electron chi connectivity index (χ2n) is 5.08. The second-order valence-corrected chi connectivity index (χ2v) is 5.89. The molecule has 19 heavy (non-hydrogen) atoms. The van der Waals surface area contributed by atoms with E-state index in [1.807, 2.05) is 0 Å². The predicted molar refractivity (Wildman–Crippen MR) is 77.7 cm³/mol. The van der Waals surface area contributed by atoms with Crippen LogP contribution in [-0.2, 0) is 4.79 Å². The van der Waals surface area contributed by atoms with E-state index in [1.165, 1.54) is 0 Å². The van der Waals surface area contributed by atoms with Crippen LogP contribution in [0.2, 0.25) is 10.0 Å². The summed E-state index contributed by atoms with van der Waals surface area (Å²) < 4.78 is 0. The molecule has 2 fully saturated rings. The normalized spacial score (nSPS) is 26.2. The number of nitrogens with two attached hydrogens (primary N) is 1. The summed E-state index contributed by atoms with van der Waals surface area (Å²) in [5, 5.41) is 3.87. The Morgan fingerprint density at radius 3 is 2.84 bits per heavy atom. The van der Waals surface area contributed by atoms with Crippen molar-refractivity contribution < 1.29 is 4.79 Å². The van der Waals surface area contributed by atoms with Gasteiger partial charge < -0.3 is 16.0 Å². The molecule has 3 N–H and O–H groups in total. The largest absolute Gasteiger partial charge is 0.397 e. The third kappa shape index (κ3) is 2.13. The number of anilines is 2. The minimum atomic E-state index is 0.0580. The fraction of sp³-hybridized carbons (Fsp3) is 0.462. The molecule has 6 heteroatoms. The van der Waals surface area contributed by atoms with Crippen molar-refractivity contribution in [2.24, 2.45) is 5.92 Å². The van der Waals surface area contributed by atoms with Crippen molar-refractivity contribution >= 4 is 40.5 Å². The third-order valence-corrected chi connectivity index (χ3v) is 4.70. The van der Waals surface area contributed by atoms with Crippen LogP contribution in [0.5, 0.6) is 0 Å². The van der Waals surface area contributed by atoms with Crippen LogP contribution in [0.4, 0.5) is 11.4 Å². The molecule has 2 aliphatic heterocycles. The van der Waals surface area contributed by atoms with E-state index in [9.17, 15) is 4.79 Å². The number of halogens is 2. The maximum absolute atomic E-state index is 11.8. The Bertz CT molecular complexity index is 535. The summed E-state index contributed by atoms with van der Waals surface area (Å²) in [6, 6.07) is 3.64. The van der Waals surface area contributed by atoms with Crippen molar-refractivity contribution in [3.05, 3.63) is 22.2 Å². The summed E-state index contributed by atoms with van der Waals surface area (Å²) in [4.78, 5) is 14.0. The molecule has 102 valence electrons. The Balaban J connectivity index is 1.97. The zero-order valence-corrected chi connectivity index (χ0v) is 11.8. The Kier molecular flexibility index (Phi) is 3.23. The van der Waals surface area contributed by atoms with Gasteiger partial charge >= 0.3 is 0 Å². The summed E-state index contributed by atoms with van der Waals surface area (Å²) in [5.41, 5.74) is 7.53. The van der Waals surface area contributed by atoms with Crippen molar-refractivity contribution in [3.8, 4) is 0 Å². The fourth-order valence-corrected chi connectivity index (χ4v) is 3.38. The fourth-order valence-electron chi connectivity index (χ4n) is 3.05. The monoisotopic (exact) mass is 299 g/mol. The molecule has 1 amide bonds. The lowest BCUT2D eigenvalue weighted by molar-refractivity contribution is -0.122. The first-order valence-electron chi connectivity index (χ1n) is 6.37. The van der Waals surface area contributed by atoms with Crippen molar-refractivity contribution in [2.75, 3.05) is 23.7 Å². The molecule has 2 heterocycles. The second kappa shape index (κ2) is 4.76. The molecule has 2 aliphatic rings. The van der Waals surface area contributed by atoms with Crippen LogP contribution in [0, 0.1) is 5.92 Å². The number of carbonyl (C=O) groups is 1. The number of amides is 1. The number of carbonyl (C=O) groups excluding carboxylic acids is 1. The van der Waals surface area contributed by atoms with Crippen molar-refractivity contribution in [2.45, 2.75) is 18.9 Å². The number of rotatable bonds is 1. The number of nitrogens with zero attached hydrogens (tertiary/aromatic N) is 1. The zero-order chi connectivity index (χ0) is 13.6. The van der Waals surface area contributed by atoms with Gasteiger partial charge in [-0.25, -0.2) is 0 Å². The zero-order valence-electron chi connectivity index (χ0n) is 10.3. The van der Waals surface area contributed by atoms with Crippen LogP contribution in [0.15, 0.2) is 12.1 Å². The number of fused-ring (bicyclic) bond motifs is 1. The minimum absolute atomic E-state index is 0.0580. The van der Waals surface area contributed by atoms with Crippen LogP contribution >= 0.6 is 23.2 Å². The van der Waals surface area contributed by atoms with E-state index in [2.05, 4.69) is 10.2 Å². The van der Waals surface area contributed by atoms with E-state index in [4.69, 9.17) is 28.9 Å². The molecular weight excluding hydrogens is 285 g/mol. The number of hydrogen-bond donors (Lipinski definition) is 2. The smallest absolute Gasteiger partial charge is 0.225 e. The van der Waals surface area contributed by atoms with Gasteiger partial charge in [-0.15, -0.1) is 0 Å². The highest BCUT2D eigenvalue weighted by Gasteiger charge is 2.41. The number of nitrogens with one attached hydrogen (secondary N) is 1. The van der Waals surface area contributed by atoms with Crippen LogP contribution in [0.25, 0.3) is 0 Å². The summed E-state index contributed by atoms with van der Waals surface area (Å²) in [6.07, 6.45) is 1.92. The van der Waals surface area contributed by atoms with Gasteiger partial charge in [0.25, 0.3) is 0 Å². The van der Waals surface area contributed by atoms with Gasteiger partial charge in [-0.2, -0.15) is 0 Å². The Hall–Kier alpha value is -1.13. The minimum Gasteiger partial charge on any atom is -0.397 e. The molecule has 2 atom stereocenters. The molecule has 0 saturated carbocycles. The molecule has 3 rings (SSSR count). The van der Waals surface area contributed by atoms with Gasteiger partial charge in [-0.3, -0.25) is 4.79 Å². The maximum Gasteiger partial charge on any atom is 0.225 e. The first kappa shape index (κ1) is 12.9. The predicted octanol–water partition coefficient (Wildman–Crippen LogP) is 2.29. The molecular formula is C13H15Cl2N3O. The molecule has 0 bridgehead atoms. The van der Waals surface area contributed by atoms with E-state index in [1.54, 1.807) is 12.1 Å². The van der Waals surface area contributed by atoms with E-state index in [-0.39, 0.29) is 17.9 Å². The summed E-state index contributed by atoms with van der Waals surface area (Å²) >= 11 is 12.0. The van der Waals surface area contributed by atoms with Crippen LogP contribution < -0.4 is 16.0 Å². The lowest BCUT2D eigenvalue weighted by Crippen LogP contribution is -2.46. The summed E-state index contributed by atoms with van der Waals surface area (Å²) in [6.45, 7) is 1.56. The van der Waals surface area contributed by atoms with Crippen LogP contribution in [-0.4, -0.2) is 25.0 Å². The lowest BCUT2D eigenvalue weighted by atomic mass is 9.91. The topological polar surface area (TPSA) is 58.4 Å². The summed E-state index contributed by atoms with van der Waals surface area (Å²) in [7, 11) is 0. The van der Waals surface area contributed by atoms with Gasteiger partial charge in [0.05, 0.1) is 33.4 Å². The van der Waals surface area contributed by atoms with Crippen LogP contribution in [0.3, 0.4) is 0 Å². The lowest BCUT2D eigenvalue weighted by Gasteiger charge is -2.38. The number of benzene rings is 1. The molecule has 2 unspecified atom stereocenters. The SMILES string of the molecule is Nc1cc(Cl)c(Cl)cc1N1CCCC2C(=O)NCC21. The Labute approximate surface area is 121 Å². The number of hydrogen-bond acceptors (Lipinski definition) is 3. The van der Waals surface area contributed by atoms with Gasteiger partial charge in [0.1, 0.15) is 0 Å². The summed E-state index contributed by atoms with van der Waals surface area (Å²) in [5.74, 6) is 0.205. The first-order valence-corrected chi connectivity index (χ1v) is 7.12. The number of piperidine rings is 1. The van der Waals surface area contributed by atoms with Crippen molar-refractivity contribution in [1.29, 1.82) is 0 Å². The van der Waals surface area contributed by atoms with E-state index < -0.39 is 0 Å². The van der Waals surface area contributed by atoms with E-state index in [0.29, 0.717) is 22.3 Å². The molecule has 2 saturated heterocycles. The van der Waals surface area contributed by atoms with Crippen molar-refractivity contribution in [1.82, 2.24) is 5.32 Å². The average molecular weight is 300 g/mol. The van der Waals surface area contributed by atoms with E-state index >= 15 is 0 Å². The third-order valence-electron chi connectivity index (χ3n) is 3.98. The molecule has 1 aromatic rings. The highest BCUT2D eigenvalue weighted by Crippen LogP contribution is 2.38. The highest BCUT2D eigenvalue weighted by molar-refractivity contribution is 6.42. The maximum atomic E-state index is 11.8. The van der Waals surface area contributed by atoms with Crippen LogP contribution in [0.1, 0.15) is 12.8 Å². The van der Waals surface area contributed by atoms with Gasteiger partial charge in [0.2, 0.25) is 5.91 Å². The molecule has 0 radical (unpaired) electrons. The highest BCUT2D eigenvalue weighted by atomic mass is 35.5. The quantitative estimate of drug-likeness (QED) is 0.782. The Morgan fingerprint density at radius 1 is 1.32 bits per heavy atom. The average Bonchev–Trinajstić information content (AvgIpc) is 2.76. The van der Waals surface area contributed by atoms with Gasteiger partial charge in [-0.05, 0) is 25.0 Å². The molecule has 4 nitrogen and oxygen atoms in total. The standard InChI is InChI=1S/C13H15Cl2N3O/c14-8-4-10(16)11(5-9(8)15)18-3-1-2-7-12(18)6-17-13(7)19/h4-5,7,12H,1-3,6,16H2,(H,17,19).